The van der Waals surface area contributed by atoms with Gasteiger partial charge in [-0.15, -0.1) is 0 Å². The summed E-state index contributed by atoms with van der Waals surface area (Å²) in [5.74, 6) is 0.119. The molecule has 4 nitrogen and oxygen atoms in total. The van der Waals surface area contributed by atoms with Gasteiger partial charge in [-0.3, -0.25) is 9.78 Å². The van der Waals surface area contributed by atoms with E-state index in [9.17, 15) is 4.79 Å². The minimum atomic E-state index is 0.119. The quantitative estimate of drug-likeness (QED) is 0.276. The summed E-state index contributed by atoms with van der Waals surface area (Å²) in [5, 5.41) is 0.564. The van der Waals surface area contributed by atoms with Crippen LogP contribution in [0.15, 0.2) is 79.1 Å². The first-order valence-electron chi connectivity index (χ1n) is 11.1. The summed E-state index contributed by atoms with van der Waals surface area (Å²) in [6.45, 7) is 2.96. The first-order valence-corrected chi connectivity index (χ1v) is 11.5. The van der Waals surface area contributed by atoms with E-state index in [2.05, 4.69) is 45.6 Å². The Bertz CT molecular complexity index is 1260. The number of nitrogens with zero attached hydrogens (tertiary/aromatic N) is 3. The van der Waals surface area contributed by atoms with Crippen LogP contribution in [0.3, 0.4) is 0 Å². The van der Waals surface area contributed by atoms with Gasteiger partial charge in [0.15, 0.2) is 5.78 Å². The molecule has 0 amide bonds. The van der Waals surface area contributed by atoms with Gasteiger partial charge in [0.05, 0.1) is 28.3 Å². The number of pyridine rings is 1. The van der Waals surface area contributed by atoms with E-state index in [0.29, 0.717) is 17.0 Å². The molecule has 0 aliphatic rings. The number of hydrogen-bond donors (Lipinski definition) is 0. The number of rotatable bonds is 8. The lowest BCUT2D eigenvalue weighted by Crippen LogP contribution is -2.14. The Labute approximate surface area is 200 Å². The third-order valence-corrected chi connectivity index (χ3v) is 6.09. The third-order valence-electron chi connectivity index (χ3n) is 5.78. The topological polar surface area (TPSA) is 38.1 Å². The fourth-order valence-corrected chi connectivity index (χ4v) is 4.30. The normalized spacial score (nSPS) is 11.2. The zero-order chi connectivity index (χ0) is 23.4. The third kappa shape index (κ3) is 5.08. The highest BCUT2D eigenvalue weighted by molar-refractivity contribution is 6.33. The summed E-state index contributed by atoms with van der Waals surface area (Å²) < 4.78 is 2.19. The van der Waals surface area contributed by atoms with E-state index in [1.807, 2.05) is 56.7 Å². The second kappa shape index (κ2) is 10.2. The standard InChI is InChI=1S/C28H28ClN3O/c1-20-15-16-30-19-27(20)32-25(21-8-5-4-6-9-21)13-14-26(32)23-12-11-22(18-24(23)29)28(33)10-7-17-31(2)3/h4-6,8-9,11-16,18-19H,7,10,17H2,1-3H3. The minimum Gasteiger partial charge on any atom is -0.309 e. The first-order chi connectivity index (χ1) is 16.0. The molecular weight excluding hydrogens is 430 g/mol. The molecule has 2 aromatic heterocycles. The van der Waals surface area contributed by atoms with Crippen molar-refractivity contribution in [2.75, 3.05) is 20.6 Å². The molecule has 0 aliphatic carbocycles. The molecule has 33 heavy (non-hydrogen) atoms. The van der Waals surface area contributed by atoms with Gasteiger partial charge in [-0.2, -0.15) is 0 Å². The Morgan fingerprint density at radius 1 is 1.00 bits per heavy atom. The van der Waals surface area contributed by atoms with Crippen LogP contribution < -0.4 is 0 Å². The Morgan fingerprint density at radius 2 is 1.76 bits per heavy atom. The van der Waals surface area contributed by atoms with Gasteiger partial charge in [0.1, 0.15) is 0 Å². The molecule has 0 atom stereocenters. The largest absolute Gasteiger partial charge is 0.309 e. The van der Waals surface area contributed by atoms with E-state index in [0.717, 1.165) is 46.7 Å². The van der Waals surface area contributed by atoms with Crippen molar-refractivity contribution in [1.29, 1.82) is 0 Å². The molecule has 0 spiro atoms. The Hall–Kier alpha value is -3.21. The number of carbonyl (C=O) groups excluding carboxylic acids is 1. The summed E-state index contributed by atoms with van der Waals surface area (Å²) in [7, 11) is 4.03. The van der Waals surface area contributed by atoms with Gasteiger partial charge >= 0.3 is 0 Å². The van der Waals surface area contributed by atoms with Crippen molar-refractivity contribution in [1.82, 2.24) is 14.5 Å². The SMILES string of the molecule is Cc1ccncc1-n1c(-c2ccccc2)ccc1-c1ccc(C(=O)CCCN(C)C)cc1Cl. The van der Waals surface area contributed by atoms with Gasteiger partial charge in [-0.05, 0) is 69.4 Å². The summed E-state index contributed by atoms with van der Waals surface area (Å²) in [4.78, 5) is 19.1. The Balaban J connectivity index is 1.76. The average molecular weight is 458 g/mol. The van der Waals surface area contributed by atoms with Gasteiger partial charge in [0, 0.05) is 23.7 Å². The van der Waals surface area contributed by atoms with Crippen molar-refractivity contribution in [2.45, 2.75) is 19.8 Å². The Kier molecular flexibility index (Phi) is 7.07. The van der Waals surface area contributed by atoms with Gasteiger partial charge < -0.3 is 9.47 Å². The van der Waals surface area contributed by atoms with Gasteiger partial charge in [0.25, 0.3) is 0 Å². The molecule has 4 aromatic rings. The van der Waals surface area contributed by atoms with E-state index >= 15 is 0 Å². The fraction of sp³-hybridized carbons (Fsp3) is 0.214. The molecule has 4 rings (SSSR count). The summed E-state index contributed by atoms with van der Waals surface area (Å²) in [5.41, 5.74) is 6.77. The van der Waals surface area contributed by atoms with Crippen molar-refractivity contribution in [3.05, 3.63) is 95.3 Å². The highest BCUT2D eigenvalue weighted by atomic mass is 35.5. The molecule has 0 radical (unpaired) electrons. The predicted molar refractivity (Wildman–Crippen MR) is 136 cm³/mol. The number of carbonyl (C=O) groups is 1. The van der Waals surface area contributed by atoms with E-state index in [1.165, 1.54) is 0 Å². The first kappa shape index (κ1) is 23.0. The lowest BCUT2D eigenvalue weighted by atomic mass is 10.0. The van der Waals surface area contributed by atoms with Crippen LogP contribution in [0.2, 0.25) is 5.02 Å². The molecule has 0 N–H and O–H groups in total. The summed E-state index contributed by atoms with van der Waals surface area (Å²) in [6, 6.07) is 22.1. The summed E-state index contributed by atoms with van der Waals surface area (Å²) >= 11 is 6.76. The zero-order valence-corrected chi connectivity index (χ0v) is 20.0. The van der Waals surface area contributed by atoms with Gasteiger partial charge in [-0.25, -0.2) is 0 Å². The van der Waals surface area contributed by atoms with Crippen LogP contribution >= 0.6 is 11.6 Å². The van der Waals surface area contributed by atoms with E-state index in [-0.39, 0.29) is 5.78 Å². The van der Waals surface area contributed by atoms with Gasteiger partial charge in [0.2, 0.25) is 0 Å². The molecule has 0 bridgehead atoms. The van der Waals surface area contributed by atoms with E-state index < -0.39 is 0 Å². The summed E-state index contributed by atoms with van der Waals surface area (Å²) in [6.07, 6.45) is 5.02. The molecule has 2 heterocycles. The van der Waals surface area contributed by atoms with Crippen LogP contribution in [0.4, 0.5) is 0 Å². The number of hydrogen-bond acceptors (Lipinski definition) is 3. The monoisotopic (exact) mass is 457 g/mol. The number of halogens is 1. The van der Waals surface area contributed by atoms with Crippen LogP contribution in [-0.2, 0) is 0 Å². The number of aryl methyl sites for hydroxylation is 1. The molecule has 2 aromatic carbocycles. The second-order valence-electron chi connectivity index (χ2n) is 8.49. The van der Waals surface area contributed by atoms with Crippen LogP contribution in [0.25, 0.3) is 28.2 Å². The minimum absolute atomic E-state index is 0.119. The zero-order valence-electron chi connectivity index (χ0n) is 19.3. The number of Topliss-reactive ketones (excluding diaryl/α,β-unsaturated/α-hetero) is 1. The van der Waals surface area contributed by atoms with E-state index in [4.69, 9.17) is 11.6 Å². The van der Waals surface area contributed by atoms with Crippen molar-refractivity contribution >= 4 is 17.4 Å². The predicted octanol–water partition coefficient (Wildman–Crippen LogP) is 6.69. The van der Waals surface area contributed by atoms with Crippen molar-refractivity contribution in [3.8, 4) is 28.2 Å². The molecule has 0 saturated carbocycles. The van der Waals surface area contributed by atoms with Gasteiger partial charge in [-0.1, -0.05) is 54.1 Å². The lowest BCUT2D eigenvalue weighted by Gasteiger charge is -2.17. The molecule has 0 unspecified atom stereocenters. The van der Waals surface area contributed by atoms with E-state index in [1.54, 1.807) is 12.3 Å². The lowest BCUT2D eigenvalue weighted by molar-refractivity contribution is 0.0977. The Morgan fingerprint density at radius 3 is 2.45 bits per heavy atom. The fourth-order valence-electron chi connectivity index (χ4n) is 4.03. The van der Waals surface area contributed by atoms with Crippen molar-refractivity contribution < 1.29 is 4.79 Å². The molecular formula is C28H28ClN3O. The number of benzene rings is 2. The second-order valence-corrected chi connectivity index (χ2v) is 8.90. The number of ketones is 1. The molecule has 0 fully saturated rings. The van der Waals surface area contributed by atoms with Crippen LogP contribution in [-0.4, -0.2) is 40.9 Å². The molecule has 5 heteroatoms. The maximum absolute atomic E-state index is 12.7. The maximum Gasteiger partial charge on any atom is 0.162 e. The number of aromatic nitrogens is 2. The molecule has 0 saturated heterocycles. The van der Waals surface area contributed by atoms with Crippen LogP contribution in [0, 0.1) is 6.92 Å². The van der Waals surface area contributed by atoms with Crippen molar-refractivity contribution in [2.24, 2.45) is 0 Å². The van der Waals surface area contributed by atoms with Crippen LogP contribution in [0.5, 0.6) is 0 Å². The average Bonchev–Trinajstić information content (AvgIpc) is 3.24. The molecule has 168 valence electrons. The highest BCUT2D eigenvalue weighted by Crippen LogP contribution is 2.36. The maximum atomic E-state index is 12.7. The molecule has 0 aliphatic heterocycles. The highest BCUT2D eigenvalue weighted by Gasteiger charge is 2.18. The smallest absolute Gasteiger partial charge is 0.162 e. The van der Waals surface area contributed by atoms with Crippen molar-refractivity contribution in [3.63, 3.8) is 0 Å². The van der Waals surface area contributed by atoms with Crippen LogP contribution in [0.1, 0.15) is 28.8 Å².